The van der Waals surface area contributed by atoms with E-state index < -0.39 is 5.91 Å². The highest BCUT2D eigenvalue weighted by molar-refractivity contribution is 6.34. The van der Waals surface area contributed by atoms with E-state index in [-0.39, 0.29) is 16.4 Å². The average molecular weight is 294 g/mol. The van der Waals surface area contributed by atoms with Gasteiger partial charge in [-0.1, -0.05) is 11.6 Å². The van der Waals surface area contributed by atoms with Crippen molar-refractivity contribution in [2.45, 2.75) is 6.92 Å². The molecule has 0 aliphatic heterocycles. The number of nitrogens with two attached hydrogens (primary N) is 2. The van der Waals surface area contributed by atoms with Crippen molar-refractivity contribution in [2.24, 2.45) is 5.73 Å². The molecule has 5 N–H and O–H groups in total. The van der Waals surface area contributed by atoms with E-state index in [9.17, 15) is 9.18 Å². The normalized spacial score (nSPS) is 10.3. The lowest BCUT2D eigenvalue weighted by Gasteiger charge is -2.13. The summed E-state index contributed by atoms with van der Waals surface area (Å²) in [6, 6.07) is 7.42. The van der Waals surface area contributed by atoms with E-state index in [1.54, 1.807) is 19.1 Å². The first-order chi connectivity index (χ1) is 9.38. The summed E-state index contributed by atoms with van der Waals surface area (Å²) in [5.41, 5.74) is 12.9. The van der Waals surface area contributed by atoms with Gasteiger partial charge in [0, 0.05) is 11.4 Å². The minimum Gasteiger partial charge on any atom is -0.399 e. The summed E-state index contributed by atoms with van der Waals surface area (Å²) in [5, 5.41) is 3.23. The third kappa shape index (κ3) is 2.83. The van der Waals surface area contributed by atoms with Crippen LogP contribution >= 0.6 is 11.6 Å². The zero-order valence-electron chi connectivity index (χ0n) is 10.7. The van der Waals surface area contributed by atoms with Crippen LogP contribution in [0.3, 0.4) is 0 Å². The fraction of sp³-hybridized carbons (Fsp3) is 0.0714. The molecule has 0 aliphatic rings. The molecule has 2 rings (SSSR count). The van der Waals surface area contributed by atoms with E-state index in [1.165, 1.54) is 18.2 Å². The predicted molar refractivity (Wildman–Crippen MR) is 78.8 cm³/mol. The Morgan fingerprint density at radius 2 is 2.00 bits per heavy atom. The molecule has 0 fully saturated rings. The second kappa shape index (κ2) is 5.38. The van der Waals surface area contributed by atoms with Gasteiger partial charge in [0.15, 0.2) is 0 Å². The zero-order valence-corrected chi connectivity index (χ0v) is 11.5. The number of primary amides is 1. The number of carbonyl (C=O) groups is 1. The molecule has 0 aliphatic carbocycles. The van der Waals surface area contributed by atoms with Crippen LogP contribution in [0.2, 0.25) is 5.02 Å². The van der Waals surface area contributed by atoms with Gasteiger partial charge in [-0.05, 0) is 42.8 Å². The largest absolute Gasteiger partial charge is 0.399 e. The third-order valence-electron chi connectivity index (χ3n) is 2.81. The number of carbonyl (C=O) groups excluding carboxylic acids is 1. The Morgan fingerprint density at radius 3 is 2.60 bits per heavy atom. The molecule has 2 aromatic rings. The number of aryl methyl sites for hydroxylation is 1. The van der Waals surface area contributed by atoms with Gasteiger partial charge in [0.25, 0.3) is 5.91 Å². The lowest BCUT2D eigenvalue weighted by molar-refractivity contribution is 0.100. The van der Waals surface area contributed by atoms with Gasteiger partial charge in [-0.2, -0.15) is 0 Å². The maximum Gasteiger partial charge on any atom is 0.250 e. The topological polar surface area (TPSA) is 81.1 Å². The summed E-state index contributed by atoms with van der Waals surface area (Å²) in [7, 11) is 0. The summed E-state index contributed by atoms with van der Waals surface area (Å²) in [4.78, 5) is 11.4. The molecule has 0 saturated heterocycles. The first-order valence-corrected chi connectivity index (χ1v) is 6.18. The molecular weight excluding hydrogens is 281 g/mol. The van der Waals surface area contributed by atoms with Gasteiger partial charge < -0.3 is 16.8 Å². The van der Waals surface area contributed by atoms with Crippen molar-refractivity contribution in [1.29, 1.82) is 0 Å². The van der Waals surface area contributed by atoms with Crippen LogP contribution in [0.5, 0.6) is 0 Å². The van der Waals surface area contributed by atoms with Crippen LogP contribution in [0.25, 0.3) is 0 Å². The molecule has 1 amide bonds. The molecule has 0 atom stereocenters. The second-order valence-electron chi connectivity index (χ2n) is 4.38. The van der Waals surface area contributed by atoms with Crippen molar-refractivity contribution < 1.29 is 9.18 Å². The molecule has 6 heteroatoms. The molecule has 4 nitrogen and oxygen atoms in total. The summed E-state index contributed by atoms with van der Waals surface area (Å²) >= 11 is 6.08. The van der Waals surface area contributed by atoms with E-state index in [4.69, 9.17) is 23.1 Å². The van der Waals surface area contributed by atoms with Crippen molar-refractivity contribution in [2.75, 3.05) is 11.1 Å². The fourth-order valence-electron chi connectivity index (χ4n) is 1.82. The molecule has 0 aromatic heterocycles. The number of rotatable bonds is 3. The van der Waals surface area contributed by atoms with Crippen LogP contribution in [0.15, 0.2) is 30.3 Å². The molecule has 0 saturated carbocycles. The van der Waals surface area contributed by atoms with Gasteiger partial charge in [-0.3, -0.25) is 4.79 Å². The SMILES string of the molecule is Cc1cc(Nc2c(Cl)cc(N)cc2C(N)=O)ccc1F. The Morgan fingerprint density at radius 1 is 1.30 bits per heavy atom. The molecular formula is C14H13ClFN3O. The highest BCUT2D eigenvalue weighted by Crippen LogP contribution is 2.32. The van der Waals surface area contributed by atoms with E-state index in [2.05, 4.69) is 5.32 Å². The highest BCUT2D eigenvalue weighted by atomic mass is 35.5. The maximum absolute atomic E-state index is 13.2. The maximum atomic E-state index is 13.2. The van der Waals surface area contributed by atoms with Gasteiger partial charge in [0.05, 0.1) is 16.3 Å². The highest BCUT2D eigenvalue weighted by Gasteiger charge is 2.14. The summed E-state index contributed by atoms with van der Waals surface area (Å²) in [6.07, 6.45) is 0. The Bertz CT molecular complexity index is 688. The molecule has 0 radical (unpaired) electrons. The molecule has 0 unspecified atom stereocenters. The quantitative estimate of drug-likeness (QED) is 0.760. The zero-order chi connectivity index (χ0) is 14.9. The van der Waals surface area contributed by atoms with Gasteiger partial charge >= 0.3 is 0 Å². The third-order valence-corrected chi connectivity index (χ3v) is 3.10. The fourth-order valence-corrected chi connectivity index (χ4v) is 2.09. The number of halogens is 2. The van der Waals surface area contributed by atoms with E-state index >= 15 is 0 Å². The number of anilines is 3. The number of amides is 1. The standard InChI is InChI=1S/C14H13ClFN3O/c1-7-4-9(2-3-12(7)16)19-13-10(14(18)20)5-8(17)6-11(13)15/h2-6,19H,17H2,1H3,(H2,18,20). The first-order valence-electron chi connectivity index (χ1n) is 5.80. The van der Waals surface area contributed by atoms with Crippen molar-refractivity contribution in [3.8, 4) is 0 Å². The van der Waals surface area contributed by atoms with Gasteiger partial charge in [-0.25, -0.2) is 4.39 Å². The molecule has 104 valence electrons. The summed E-state index contributed by atoms with van der Waals surface area (Å²) in [5.74, 6) is -0.963. The van der Waals surface area contributed by atoms with Crippen molar-refractivity contribution >= 4 is 34.6 Å². The van der Waals surface area contributed by atoms with Gasteiger partial charge in [-0.15, -0.1) is 0 Å². The van der Waals surface area contributed by atoms with Crippen molar-refractivity contribution in [3.63, 3.8) is 0 Å². The van der Waals surface area contributed by atoms with Crippen LogP contribution in [-0.4, -0.2) is 5.91 Å². The van der Waals surface area contributed by atoms with E-state index in [0.29, 0.717) is 22.6 Å². The summed E-state index contributed by atoms with van der Waals surface area (Å²) in [6.45, 7) is 1.64. The van der Waals surface area contributed by atoms with Crippen LogP contribution in [0.4, 0.5) is 21.5 Å². The lowest BCUT2D eigenvalue weighted by Crippen LogP contribution is -2.14. The Kier molecular flexibility index (Phi) is 3.81. The number of hydrogen-bond acceptors (Lipinski definition) is 3. The molecule has 0 spiro atoms. The van der Waals surface area contributed by atoms with Gasteiger partial charge in [0.1, 0.15) is 5.82 Å². The Balaban J connectivity index is 2.47. The van der Waals surface area contributed by atoms with Crippen LogP contribution in [-0.2, 0) is 0 Å². The van der Waals surface area contributed by atoms with E-state index in [1.807, 2.05) is 0 Å². The number of hydrogen-bond donors (Lipinski definition) is 3. The molecule has 2 aromatic carbocycles. The number of nitrogen functional groups attached to an aromatic ring is 1. The van der Waals surface area contributed by atoms with Crippen molar-refractivity contribution in [3.05, 3.63) is 52.3 Å². The number of benzene rings is 2. The van der Waals surface area contributed by atoms with Crippen LogP contribution < -0.4 is 16.8 Å². The molecule has 0 heterocycles. The monoisotopic (exact) mass is 293 g/mol. The minimum atomic E-state index is -0.652. The van der Waals surface area contributed by atoms with Crippen LogP contribution in [0, 0.1) is 12.7 Å². The Labute approximate surface area is 120 Å². The van der Waals surface area contributed by atoms with Gasteiger partial charge in [0.2, 0.25) is 0 Å². The number of nitrogens with one attached hydrogen (secondary N) is 1. The van der Waals surface area contributed by atoms with E-state index in [0.717, 1.165) is 0 Å². The first kappa shape index (κ1) is 14.1. The molecule has 20 heavy (non-hydrogen) atoms. The second-order valence-corrected chi connectivity index (χ2v) is 4.79. The average Bonchev–Trinajstić information content (AvgIpc) is 2.36. The van der Waals surface area contributed by atoms with Crippen LogP contribution in [0.1, 0.15) is 15.9 Å². The summed E-state index contributed by atoms with van der Waals surface area (Å²) < 4.78 is 13.2. The lowest BCUT2D eigenvalue weighted by atomic mass is 10.1. The predicted octanol–water partition coefficient (Wildman–Crippen LogP) is 3.21. The smallest absolute Gasteiger partial charge is 0.250 e. The minimum absolute atomic E-state index is 0.178. The molecule has 0 bridgehead atoms. The van der Waals surface area contributed by atoms with Crippen molar-refractivity contribution in [1.82, 2.24) is 0 Å². The Hall–Kier alpha value is -2.27.